The van der Waals surface area contributed by atoms with Crippen molar-refractivity contribution >= 4 is 35.2 Å². The monoisotopic (exact) mass is 382 g/mol. The number of para-hydroxylation sites is 1. The molecule has 27 heavy (non-hydrogen) atoms. The highest BCUT2D eigenvalue weighted by Crippen LogP contribution is 2.22. The minimum absolute atomic E-state index is 0.0344. The fourth-order valence-corrected chi connectivity index (χ4v) is 3.31. The minimum atomic E-state index is -0.303. The molecule has 0 aliphatic carbocycles. The van der Waals surface area contributed by atoms with Gasteiger partial charge in [-0.25, -0.2) is 0 Å². The Labute approximate surface area is 164 Å². The SMILES string of the molecule is CC1CCN(C(=O)c2ccccc2NC(=O)/C=C/c2ccccc2Cl)CC1. The summed E-state index contributed by atoms with van der Waals surface area (Å²) in [5, 5.41) is 3.39. The van der Waals surface area contributed by atoms with Gasteiger partial charge in [0.15, 0.2) is 0 Å². The lowest BCUT2D eigenvalue weighted by Crippen LogP contribution is -2.38. The van der Waals surface area contributed by atoms with Gasteiger partial charge in [0.25, 0.3) is 5.91 Å². The van der Waals surface area contributed by atoms with Crippen molar-refractivity contribution in [3.05, 3.63) is 70.8 Å². The van der Waals surface area contributed by atoms with Gasteiger partial charge in [-0.3, -0.25) is 9.59 Å². The van der Waals surface area contributed by atoms with Crippen LogP contribution in [0.4, 0.5) is 5.69 Å². The zero-order valence-electron chi connectivity index (χ0n) is 15.3. The zero-order valence-corrected chi connectivity index (χ0v) is 16.1. The summed E-state index contributed by atoms with van der Waals surface area (Å²) in [6, 6.07) is 14.4. The molecule has 1 heterocycles. The second-order valence-electron chi connectivity index (χ2n) is 6.86. The second kappa shape index (κ2) is 8.87. The maximum Gasteiger partial charge on any atom is 0.255 e. The molecule has 3 rings (SSSR count). The van der Waals surface area contributed by atoms with Crippen molar-refractivity contribution in [3.8, 4) is 0 Å². The van der Waals surface area contributed by atoms with Crippen molar-refractivity contribution in [2.24, 2.45) is 5.92 Å². The summed E-state index contributed by atoms with van der Waals surface area (Å²) < 4.78 is 0. The standard InChI is InChI=1S/C22H23ClN2O2/c1-16-12-14-25(15-13-16)22(27)18-7-3-5-9-20(18)24-21(26)11-10-17-6-2-4-8-19(17)23/h2-11,16H,12-15H2,1H3,(H,24,26)/b11-10+. The first-order valence-electron chi connectivity index (χ1n) is 9.16. The number of nitrogens with one attached hydrogen (secondary N) is 1. The third-order valence-corrected chi connectivity index (χ3v) is 5.15. The molecular weight excluding hydrogens is 360 g/mol. The van der Waals surface area contributed by atoms with Crippen molar-refractivity contribution in [2.45, 2.75) is 19.8 Å². The normalized spacial score (nSPS) is 15.1. The quantitative estimate of drug-likeness (QED) is 0.767. The van der Waals surface area contributed by atoms with Crippen LogP contribution in [-0.2, 0) is 4.79 Å². The van der Waals surface area contributed by atoms with Crippen molar-refractivity contribution < 1.29 is 9.59 Å². The number of hydrogen-bond acceptors (Lipinski definition) is 2. The topological polar surface area (TPSA) is 49.4 Å². The van der Waals surface area contributed by atoms with Crippen LogP contribution >= 0.6 is 11.6 Å². The highest BCUT2D eigenvalue weighted by atomic mass is 35.5. The van der Waals surface area contributed by atoms with Crippen molar-refractivity contribution in [3.63, 3.8) is 0 Å². The maximum absolute atomic E-state index is 12.9. The molecule has 5 heteroatoms. The van der Waals surface area contributed by atoms with E-state index in [1.165, 1.54) is 6.08 Å². The van der Waals surface area contributed by atoms with Crippen molar-refractivity contribution in [1.82, 2.24) is 4.90 Å². The average Bonchev–Trinajstić information content (AvgIpc) is 2.68. The van der Waals surface area contributed by atoms with Gasteiger partial charge in [0.05, 0.1) is 11.3 Å². The van der Waals surface area contributed by atoms with E-state index in [1.54, 1.807) is 24.3 Å². The minimum Gasteiger partial charge on any atom is -0.339 e. The van der Waals surface area contributed by atoms with Gasteiger partial charge in [0, 0.05) is 24.2 Å². The molecule has 2 amide bonds. The lowest BCUT2D eigenvalue weighted by atomic mass is 9.98. The number of nitrogens with zero attached hydrogens (tertiary/aromatic N) is 1. The molecule has 0 spiro atoms. The number of anilines is 1. The van der Waals surface area contributed by atoms with Crippen LogP contribution in [0.3, 0.4) is 0 Å². The number of halogens is 1. The molecule has 4 nitrogen and oxygen atoms in total. The van der Waals surface area contributed by atoms with Crippen LogP contribution in [-0.4, -0.2) is 29.8 Å². The Hall–Kier alpha value is -2.59. The summed E-state index contributed by atoms with van der Waals surface area (Å²) in [6.07, 6.45) is 5.11. The van der Waals surface area contributed by atoms with E-state index < -0.39 is 0 Å². The van der Waals surface area contributed by atoms with Crippen molar-refractivity contribution in [2.75, 3.05) is 18.4 Å². The first kappa shape index (κ1) is 19.2. The molecule has 1 N–H and O–H groups in total. The Morgan fingerprint density at radius 2 is 1.74 bits per heavy atom. The van der Waals surface area contributed by atoms with E-state index in [2.05, 4.69) is 12.2 Å². The number of carbonyl (C=O) groups excluding carboxylic acids is 2. The number of rotatable bonds is 4. The molecule has 140 valence electrons. The number of carbonyl (C=O) groups is 2. The molecule has 1 aliphatic rings. The molecule has 0 aromatic heterocycles. The van der Waals surface area contributed by atoms with Gasteiger partial charge in [-0.05, 0) is 48.6 Å². The van der Waals surface area contributed by atoms with E-state index in [0.29, 0.717) is 22.2 Å². The number of amides is 2. The molecule has 2 aromatic carbocycles. The summed E-state index contributed by atoms with van der Waals surface area (Å²) in [4.78, 5) is 27.1. The van der Waals surface area contributed by atoms with Gasteiger partial charge in [-0.1, -0.05) is 48.9 Å². The van der Waals surface area contributed by atoms with E-state index in [0.717, 1.165) is 31.5 Å². The predicted molar refractivity (Wildman–Crippen MR) is 110 cm³/mol. The van der Waals surface area contributed by atoms with Crippen LogP contribution in [0.1, 0.15) is 35.7 Å². The van der Waals surface area contributed by atoms with Gasteiger partial charge < -0.3 is 10.2 Å². The summed E-state index contributed by atoms with van der Waals surface area (Å²) in [5.41, 5.74) is 1.81. The molecule has 2 aromatic rings. The van der Waals surface area contributed by atoms with E-state index in [9.17, 15) is 9.59 Å². The molecule has 0 unspecified atom stereocenters. The van der Waals surface area contributed by atoms with E-state index in [1.807, 2.05) is 35.2 Å². The molecule has 0 radical (unpaired) electrons. The van der Waals surface area contributed by atoms with Gasteiger partial charge in [0.2, 0.25) is 5.91 Å². The molecule has 0 bridgehead atoms. The van der Waals surface area contributed by atoms with Crippen LogP contribution in [0.25, 0.3) is 6.08 Å². The highest BCUT2D eigenvalue weighted by Gasteiger charge is 2.23. The largest absolute Gasteiger partial charge is 0.339 e. The average molecular weight is 383 g/mol. The number of hydrogen-bond donors (Lipinski definition) is 1. The van der Waals surface area contributed by atoms with Gasteiger partial charge in [-0.2, -0.15) is 0 Å². The Morgan fingerprint density at radius 1 is 1.07 bits per heavy atom. The Kier molecular flexibility index (Phi) is 6.30. The number of piperidine rings is 1. The van der Waals surface area contributed by atoms with E-state index >= 15 is 0 Å². The van der Waals surface area contributed by atoms with Crippen LogP contribution in [0.15, 0.2) is 54.6 Å². The summed E-state index contributed by atoms with van der Waals surface area (Å²) in [7, 11) is 0. The Bertz CT molecular complexity index is 855. The zero-order chi connectivity index (χ0) is 19.2. The molecule has 1 saturated heterocycles. The van der Waals surface area contributed by atoms with E-state index in [4.69, 9.17) is 11.6 Å². The third-order valence-electron chi connectivity index (χ3n) is 4.81. The third kappa shape index (κ3) is 4.98. The smallest absolute Gasteiger partial charge is 0.255 e. The molecular formula is C22H23ClN2O2. The fraction of sp³-hybridized carbons (Fsp3) is 0.273. The molecule has 0 atom stereocenters. The lowest BCUT2D eigenvalue weighted by Gasteiger charge is -2.30. The molecule has 0 saturated carbocycles. The summed E-state index contributed by atoms with van der Waals surface area (Å²) >= 11 is 6.10. The van der Waals surface area contributed by atoms with Crippen LogP contribution in [0.2, 0.25) is 5.02 Å². The van der Waals surface area contributed by atoms with E-state index in [-0.39, 0.29) is 11.8 Å². The van der Waals surface area contributed by atoms with Gasteiger partial charge in [-0.15, -0.1) is 0 Å². The Balaban J connectivity index is 1.71. The van der Waals surface area contributed by atoms with Gasteiger partial charge >= 0.3 is 0 Å². The first-order chi connectivity index (χ1) is 13.0. The predicted octanol–water partition coefficient (Wildman–Crippen LogP) is 4.86. The molecule has 1 fully saturated rings. The second-order valence-corrected chi connectivity index (χ2v) is 7.27. The first-order valence-corrected chi connectivity index (χ1v) is 9.54. The van der Waals surface area contributed by atoms with Crippen LogP contribution in [0.5, 0.6) is 0 Å². The number of likely N-dealkylation sites (tertiary alicyclic amines) is 1. The van der Waals surface area contributed by atoms with Crippen LogP contribution in [0, 0.1) is 5.92 Å². The van der Waals surface area contributed by atoms with Crippen molar-refractivity contribution in [1.29, 1.82) is 0 Å². The number of benzene rings is 2. The highest BCUT2D eigenvalue weighted by molar-refractivity contribution is 6.32. The Morgan fingerprint density at radius 3 is 2.48 bits per heavy atom. The fourth-order valence-electron chi connectivity index (χ4n) is 3.11. The summed E-state index contributed by atoms with van der Waals surface area (Å²) in [5.74, 6) is 0.314. The summed E-state index contributed by atoms with van der Waals surface area (Å²) in [6.45, 7) is 3.73. The van der Waals surface area contributed by atoms with Crippen LogP contribution < -0.4 is 5.32 Å². The maximum atomic E-state index is 12.9. The molecule has 1 aliphatic heterocycles. The van der Waals surface area contributed by atoms with Gasteiger partial charge in [0.1, 0.15) is 0 Å². The lowest BCUT2D eigenvalue weighted by molar-refractivity contribution is -0.111.